The molecule has 0 aliphatic carbocycles. The lowest BCUT2D eigenvalue weighted by molar-refractivity contribution is 0.0662. The fourth-order valence-corrected chi connectivity index (χ4v) is 3.96. The monoisotopic (exact) mass is 448 g/mol. The Kier molecular flexibility index (Phi) is 5.34. The molecule has 0 saturated carbocycles. The molecule has 33 heavy (non-hydrogen) atoms. The largest absolute Gasteiger partial charge is 0.381 e. The number of carbonyl (C=O) groups is 1. The van der Waals surface area contributed by atoms with E-state index in [0.29, 0.717) is 28.3 Å². The van der Waals surface area contributed by atoms with Crippen LogP contribution in [-0.2, 0) is 11.8 Å². The lowest BCUT2D eigenvalue weighted by atomic mass is 10.1. The first-order valence-electron chi connectivity index (χ1n) is 10.6. The fourth-order valence-electron chi connectivity index (χ4n) is 3.96. The molecule has 0 atom stereocenters. The van der Waals surface area contributed by atoms with Gasteiger partial charge in [0.05, 0.1) is 41.5 Å². The lowest BCUT2D eigenvalue weighted by Gasteiger charge is -2.22. The zero-order valence-electron chi connectivity index (χ0n) is 18.3. The number of primary amides is 1. The van der Waals surface area contributed by atoms with Gasteiger partial charge in [0.2, 0.25) is 0 Å². The second kappa shape index (κ2) is 8.47. The number of ether oxygens (including phenoxy) is 1. The molecule has 1 saturated heterocycles. The van der Waals surface area contributed by atoms with E-state index in [9.17, 15) is 4.79 Å². The van der Waals surface area contributed by atoms with Crippen molar-refractivity contribution >= 4 is 34.3 Å². The highest BCUT2D eigenvalue weighted by Gasteiger charge is 2.22. The topological polar surface area (TPSA) is 151 Å². The highest BCUT2D eigenvalue weighted by Crippen LogP contribution is 2.32. The summed E-state index contributed by atoms with van der Waals surface area (Å²) >= 11 is 0. The smallest absolute Gasteiger partial charge is 0.271 e. The van der Waals surface area contributed by atoms with Crippen LogP contribution in [0.3, 0.4) is 0 Å². The minimum atomic E-state index is -0.702. The summed E-state index contributed by atoms with van der Waals surface area (Å²) in [5.41, 5.74) is 8.98. The average molecular weight is 448 g/mol. The number of nitrogens with zero attached hydrogens (tertiary/aromatic N) is 7. The number of nitrogens with two attached hydrogens (primary N) is 1. The van der Waals surface area contributed by atoms with Gasteiger partial charge in [-0.3, -0.25) is 14.5 Å². The summed E-state index contributed by atoms with van der Waals surface area (Å²) in [4.78, 5) is 30.2. The first-order chi connectivity index (χ1) is 16.0. The van der Waals surface area contributed by atoms with E-state index in [1.54, 1.807) is 32.0 Å². The summed E-state index contributed by atoms with van der Waals surface area (Å²) in [6, 6.07) is 0.276. The van der Waals surface area contributed by atoms with Crippen LogP contribution < -0.4 is 16.4 Å². The normalized spacial score (nSPS) is 14.5. The summed E-state index contributed by atoms with van der Waals surface area (Å²) in [5, 5.41) is 10.7. The van der Waals surface area contributed by atoms with Gasteiger partial charge in [-0.15, -0.1) is 0 Å². The maximum Gasteiger partial charge on any atom is 0.271 e. The number of aromatic nitrogens is 7. The number of amides is 1. The Labute approximate surface area is 189 Å². The molecule has 1 amide bonds. The number of anilines is 3. The van der Waals surface area contributed by atoms with Crippen LogP contribution in [0.2, 0.25) is 0 Å². The van der Waals surface area contributed by atoms with Gasteiger partial charge in [0.25, 0.3) is 5.91 Å². The number of imidazole rings is 1. The number of pyridine rings is 1. The van der Waals surface area contributed by atoms with E-state index in [2.05, 4.69) is 35.7 Å². The van der Waals surface area contributed by atoms with Crippen molar-refractivity contribution in [3.05, 3.63) is 36.8 Å². The second-order valence-corrected chi connectivity index (χ2v) is 7.82. The molecule has 12 nitrogen and oxygen atoms in total. The summed E-state index contributed by atoms with van der Waals surface area (Å²) in [6.07, 6.45) is 10.4. The number of hydrogen-bond donors (Lipinski definition) is 3. The molecule has 0 aromatic carbocycles. The fraction of sp³-hybridized carbons (Fsp3) is 0.333. The van der Waals surface area contributed by atoms with Crippen molar-refractivity contribution in [3.8, 4) is 11.3 Å². The van der Waals surface area contributed by atoms with Gasteiger partial charge in [0, 0.05) is 39.7 Å². The Morgan fingerprint density at radius 1 is 1.18 bits per heavy atom. The van der Waals surface area contributed by atoms with E-state index in [0.717, 1.165) is 31.6 Å². The number of aryl methyl sites for hydroxylation is 1. The Balaban J connectivity index is 1.54. The second-order valence-electron chi connectivity index (χ2n) is 7.82. The molecule has 0 unspecified atom stereocenters. The maximum atomic E-state index is 12.3. The van der Waals surface area contributed by atoms with Crippen molar-refractivity contribution in [2.24, 2.45) is 12.8 Å². The standard InChI is InChI=1S/C21H24N10O2/c1-23-20-17(14-8-24-9-15-16(14)25-11-30(15)2)28-18(19(22)32)21(29-20)27-12-7-26-31(10-12)13-3-5-33-6-4-13/h7-11,13H,3-6H2,1-2H3,(H2,22,32)(H2,23,27,29). The van der Waals surface area contributed by atoms with E-state index >= 15 is 0 Å². The summed E-state index contributed by atoms with van der Waals surface area (Å²) in [5.74, 6) is -0.00515. The Morgan fingerprint density at radius 2 is 2.00 bits per heavy atom. The Morgan fingerprint density at radius 3 is 2.76 bits per heavy atom. The van der Waals surface area contributed by atoms with Crippen LogP contribution in [-0.4, -0.2) is 60.5 Å². The van der Waals surface area contributed by atoms with Gasteiger partial charge >= 0.3 is 0 Å². The highest BCUT2D eigenvalue weighted by atomic mass is 16.5. The molecule has 4 aromatic heterocycles. The van der Waals surface area contributed by atoms with Crippen molar-refractivity contribution in [3.63, 3.8) is 0 Å². The predicted octanol–water partition coefficient (Wildman–Crippen LogP) is 1.86. The third kappa shape index (κ3) is 3.84. The highest BCUT2D eigenvalue weighted by molar-refractivity contribution is 5.99. The molecule has 1 aliphatic rings. The molecular weight excluding hydrogens is 424 g/mol. The molecular formula is C21H24N10O2. The van der Waals surface area contributed by atoms with Crippen molar-refractivity contribution in [1.29, 1.82) is 0 Å². The summed E-state index contributed by atoms with van der Waals surface area (Å²) in [6.45, 7) is 1.44. The first kappa shape index (κ1) is 20.8. The lowest BCUT2D eigenvalue weighted by Crippen LogP contribution is -2.20. The SMILES string of the molecule is CNc1nc(Nc2cnn(C3CCOCC3)c2)c(C(N)=O)nc1-c1cncc2c1ncn2C. The van der Waals surface area contributed by atoms with Crippen molar-refractivity contribution < 1.29 is 9.53 Å². The van der Waals surface area contributed by atoms with Crippen molar-refractivity contribution in [1.82, 2.24) is 34.3 Å². The third-order valence-corrected chi connectivity index (χ3v) is 5.69. The van der Waals surface area contributed by atoms with Crippen LogP contribution in [0.4, 0.5) is 17.3 Å². The summed E-state index contributed by atoms with van der Waals surface area (Å²) in [7, 11) is 3.62. The predicted molar refractivity (Wildman–Crippen MR) is 122 cm³/mol. The molecule has 170 valence electrons. The molecule has 5 rings (SSSR count). The Bertz CT molecular complexity index is 1320. The molecule has 0 spiro atoms. The average Bonchev–Trinajstić information content (AvgIpc) is 3.46. The minimum Gasteiger partial charge on any atom is -0.381 e. The van der Waals surface area contributed by atoms with E-state index in [1.807, 2.05) is 22.5 Å². The van der Waals surface area contributed by atoms with Gasteiger partial charge < -0.3 is 25.7 Å². The van der Waals surface area contributed by atoms with Gasteiger partial charge in [-0.2, -0.15) is 5.10 Å². The maximum absolute atomic E-state index is 12.3. The van der Waals surface area contributed by atoms with E-state index in [-0.39, 0.29) is 17.6 Å². The van der Waals surface area contributed by atoms with Gasteiger partial charge in [0.1, 0.15) is 11.2 Å². The van der Waals surface area contributed by atoms with Gasteiger partial charge in [-0.05, 0) is 12.8 Å². The number of hydrogen-bond acceptors (Lipinski definition) is 9. The van der Waals surface area contributed by atoms with Gasteiger partial charge in [-0.25, -0.2) is 15.0 Å². The Hall–Kier alpha value is -4.06. The molecule has 5 heterocycles. The summed E-state index contributed by atoms with van der Waals surface area (Å²) < 4.78 is 9.19. The van der Waals surface area contributed by atoms with Crippen molar-refractivity contribution in [2.75, 3.05) is 30.9 Å². The van der Waals surface area contributed by atoms with Gasteiger partial charge in [-0.1, -0.05) is 0 Å². The third-order valence-electron chi connectivity index (χ3n) is 5.69. The van der Waals surface area contributed by atoms with Crippen LogP contribution in [0.1, 0.15) is 29.4 Å². The van der Waals surface area contributed by atoms with E-state index in [1.165, 1.54) is 0 Å². The van der Waals surface area contributed by atoms with Crippen LogP contribution in [0.15, 0.2) is 31.1 Å². The quantitative estimate of drug-likeness (QED) is 0.401. The van der Waals surface area contributed by atoms with E-state index in [4.69, 9.17) is 10.5 Å². The van der Waals surface area contributed by atoms with E-state index < -0.39 is 5.91 Å². The molecule has 0 bridgehead atoms. The number of rotatable bonds is 6. The van der Waals surface area contributed by atoms with Crippen molar-refractivity contribution in [2.45, 2.75) is 18.9 Å². The van der Waals surface area contributed by atoms with Crippen LogP contribution in [0.5, 0.6) is 0 Å². The zero-order valence-corrected chi connectivity index (χ0v) is 18.3. The number of nitrogens with one attached hydrogen (secondary N) is 2. The van der Waals surface area contributed by atoms with Crippen LogP contribution >= 0.6 is 0 Å². The number of fused-ring (bicyclic) bond motifs is 1. The number of carbonyl (C=O) groups excluding carboxylic acids is 1. The molecule has 0 radical (unpaired) electrons. The molecule has 12 heteroatoms. The molecule has 4 N–H and O–H groups in total. The minimum absolute atomic E-state index is 0.00995. The molecule has 4 aromatic rings. The molecule has 1 aliphatic heterocycles. The molecule has 1 fully saturated rings. The van der Waals surface area contributed by atoms with Crippen LogP contribution in [0.25, 0.3) is 22.3 Å². The zero-order chi connectivity index (χ0) is 22.9. The van der Waals surface area contributed by atoms with Crippen LogP contribution in [0, 0.1) is 0 Å². The van der Waals surface area contributed by atoms with Gasteiger partial charge in [0.15, 0.2) is 17.3 Å². The first-order valence-corrected chi connectivity index (χ1v) is 10.6.